The highest BCUT2D eigenvalue weighted by atomic mass is 16.5. The number of aromatic nitrogens is 1. The Labute approximate surface area is 178 Å². The zero-order valence-electron chi connectivity index (χ0n) is 17.1. The molecule has 1 aromatic heterocycles. The predicted octanol–water partition coefficient (Wildman–Crippen LogP) is 4.27. The van der Waals surface area contributed by atoms with Gasteiger partial charge in [0.25, 0.3) is 0 Å². The number of nitrogens with one attached hydrogen (secondary N) is 1. The summed E-state index contributed by atoms with van der Waals surface area (Å²) in [4.78, 5) is 16.4. The van der Waals surface area contributed by atoms with Crippen LogP contribution in [0.25, 0.3) is 0 Å². The van der Waals surface area contributed by atoms with E-state index in [1.165, 1.54) is 11.1 Å². The van der Waals surface area contributed by atoms with Crippen LogP contribution in [0, 0.1) is 0 Å². The first-order valence-electron chi connectivity index (χ1n) is 10.3. The fourth-order valence-electron chi connectivity index (χ4n) is 3.40. The van der Waals surface area contributed by atoms with E-state index in [1.807, 2.05) is 48.5 Å². The number of nitrogens with two attached hydrogens (primary N) is 1. The molecule has 5 heteroatoms. The Kier molecular flexibility index (Phi) is 8.42. The molecule has 0 unspecified atom stereocenters. The molecule has 0 aliphatic rings. The molecule has 3 aromatic rings. The van der Waals surface area contributed by atoms with Crippen molar-refractivity contribution in [3.63, 3.8) is 0 Å². The molecule has 156 valence electrons. The van der Waals surface area contributed by atoms with Crippen LogP contribution in [-0.4, -0.2) is 23.2 Å². The molecule has 0 aliphatic heterocycles. The minimum absolute atomic E-state index is 0.0406. The number of hydrogen-bond donors (Lipinski definition) is 2. The van der Waals surface area contributed by atoms with Gasteiger partial charge in [0.1, 0.15) is 6.61 Å². The highest BCUT2D eigenvalue weighted by Gasteiger charge is 2.16. The van der Waals surface area contributed by atoms with E-state index < -0.39 is 6.09 Å². The zero-order valence-corrected chi connectivity index (χ0v) is 17.1. The van der Waals surface area contributed by atoms with Crippen LogP contribution in [0.4, 0.5) is 4.79 Å². The fourth-order valence-corrected chi connectivity index (χ4v) is 3.40. The molecule has 0 aliphatic carbocycles. The molecular weight excluding hydrogens is 374 g/mol. The van der Waals surface area contributed by atoms with Crippen LogP contribution in [-0.2, 0) is 24.2 Å². The molecule has 0 radical (unpaired) electrons. The maximum absolute atomic E-state index is 12.4. The number of carbonyl (C=O) groups excluding carboxylic acids is 1. The molecule has 2 aromatic carbocycles. The number of ether oxygens (including phenoxy) is 1. The Morgan fingerprint density at radius 1 is 0.867 bits per heavy atom. The average Bonchev–Trinajstić information content (AvgIpc) is 2.78. The average molecular weight is 404 g/mol. The number of amides is 1. The van der Waals surface area contributed by atoms with Crippen LogP contribution in [0.2, 0.25) is 0 Å². The standard InChI is InChI=1S/C25H29N3O2/c26-23(16-20-8-3-1-4-9-20)13-14-24(17-21-10-5-2-6-11-21)28-25(29)30-19-22-12-7-15-27-18-22/h1-12,15,18,23-24H,13-14,16-17,19,26H2,(H,28,29)/t23-,24-/m0/s1. The van der Waals surface area contributed by atoms with Crippen molar-refractivity contribution >= 4 is 6.09 Å². The lowest BCUT2D eigenvalue weighted by Crippen LogP contribution is -2.38. The van der Waals surface area contributed by atoms with Gasteiger partial charge in [-0.2, -0.15) is 0 Å². The van der Waals surface area contributed by atoms with Crippen molar-refractivity contribution in [2.45, 2.75) is 44.4 Å². The minimum atomic E-state index is -0.420. The Morgan fingerprint density at radius 3 is 2.13 bits per heavy atom. The molecule has 0 saturated carbocycles. The van der Waals surface area contributed by atoms with Crippen LogP contribution < -0.4 is 11.1 Å². The van der Waals surface area contributed by atoms with E-state index in [9.17, 15) is 4.79 Å². The van der Waals surface area contributed by atoms with Gasteiger partial charge < -0.3 is 15.8 Å². The van der Waals surface area contributed by atoms with Crippen molar-refractivity contribution < 1.29 is 9.53 Å². The molecule has 0 fully saturated rings. The van der Waals surface area contributed by atoms with Crippen molar-refractivity contribution in [2.24, 2.45) is 5.73 Å². The van der Waals surface area contributed by atoms with E-state index in [2.05, 4.69) is 34.6 Å². The molecule has 1 heterocycles. The van der Waals surface area contributed by atoms with Gasteiger partial charge in [-0.05, 0) is 42.9 Å². The normalized spacial score (nSPS) is 12.7. The molecule has 0 saturated heterocycles. The van der Waals surface area contributed by atoms with Crippen LogP contribution in [0.1, 0.15) is 29.5 Å². The summed E-state index contributed by atoms with van der Waals surface area (Å²) in [5, 5.41) is 3.02. The maximum Gasteiger partial charge on any atom is 0.407 e. The number of benzene rings is 2. The van der Waals surface area contributed by atoms with Crippen molar-refractivity contribution in [3.8, 4) is 0 Å². The van der Waals surface area contributed by atoms with Crippen molar-refractivity contribution in [1.29, 1.82) is 0 Å². The second-order valence-corrected chi connectivity index (χ2v) is 7.50. The number of carbonyl (C=O) groups is 1. The molecule has 0 spiro atoms. The molecule has 3 N–H and O–H groups in total. The van der Waals surface area contributed by atoms with Crippen LogP contribution in [0.5, 0.6) is 0 Å². The smallest absolute Gasteiger partial charge is 0.407 e. The summed E-state index contributed by atoms with van der Waals surface area (Å²) in [5.41, 5.74) is 9.62. The van der Waals surface area contributed by atoms with E-state index in [0.29, 0.717) is 0 Å². The third-order valence-electron chi connectivity index (χ3n) is 4.97. The first kappa shape index (κ1) is 21.5. The van der Waals surface area contributed by atoms with Crippen molar-refractivity contribution in [2.75, 3.05) is 0 Å². The van der Waals surface area contributed by atoms with Gasteiger partial charge in [0.05, 0.1) is 0 Å². The maximum atomic E-state index is 12.4. The van der Waals surface area contributed by atoms with Gasteiger partial charge in [-0.3, -0.25) is 4.98 Å². The minimum Gasteiger partial charge on any atom is -0.445 e. The zero-order chi connectivity index (χ0) is 21.0. The van der Waals surface area contributed by atoms with Gasteiger partial charge in [-0.15, -0.1) is 0 Å². The Bertz CT molecular complexity index is 873. The molecule has 30 heavy (non-hydrogen) atoms. The number of alkyl carbamates (subject to hydrolysis) is 1. The summed E-state index contributed by atoms with van der Waals surface area (Å²) in [6.45, 7) is 0.200. The Hall–Kier alpha value is -3.18. The monoisotopic (exact) mass is 403 g/mol. The van der Waals surface area contributed by atoms with Gasteiger partial charge in [0, 0.05) is 30.0 Å². The number of hydrogen-bond acceptors (Lipinski definition) is 4. The molecule has 0 bridgehead atoms. The highest BCUT2D eigenvalue weighted by Crippen LogP contribution is 2.12. The Morgan fingerprint density at radius 2 is 1.50 bits per heavy atom. The lowest BCUT2D eigenvalue weighted by Gasteiger charge is -2.21. The van der Waals surface area contributed by atoms with E-state index in [-0.39, 0.29) is 18.7 Å². The van der Waals surface area contributed by atoms with E-state index in [1.54, 1.807) is 12.4 Å². The van der Waals surface area contributed by atoms with Gasteiger partial charge in [0.2, 0.25) is 0 Å². The lowest BCUT2D eigenvalue weighted by molar-refractivity contribution is 0.134. The summed E-state index contributed by atoms with van der Waals surface area (Å²) in [5.74, 6) is 0. The van der Waals surface area contributed by atoms with Gasteiger partial charge >= 0.3 is 6.09 Å². The Balaban J connectivity index is 1.53. The number of pyridine rings is 1. The first-order valence-corrected chi connectivity index (χ1v) is 10.3. The molecule has 1 amide bonds. The molecule has 5 nitrogen and oxygen atoms in total. The third kappa shape index (κ3) is 7.68. The summed E-state index contributed by atoms with van der Waals surface area (Å²) >= 11 is 0. The largest absolute Gasteiger partial charge is 0.445 e. The highest BCUT2D eigenvalue weighted by molar-refractivity contribution is 5.67. The number of nitrogens with zero attached hydrogens (tertiary/aromatic N) is 1. The number of rotatable bonds is 10. The van der Waals surface area contributed by atoms with Gasteiger partial charge in [0.15, 0.2) is 0 Å². The summed E-state index contributed by atoms with van der Waals surface area (Å²) in [6.07, 6.45) is 6.12. The van der Waals surface area contributed by atoms with Gasteiger partial charge in [-0.25, -0.2) is 4.79 Å². The van der Waals surface area contributed by atoms with Crippen molar-refractivity contribution in [3.05, 3.63) is 102 Å². The topological polar surface area (TPSA) is 77.2 Å². The van der Waals surface area contributed by atoms with Crippen LogP contribution >= 0.6 is 0 Å². The summed E-state index contributed by atoms with van der Waals surface area (Å²) in [6, 6.07) is 24.1. The second-order valence-electron chi connectivity index (χ2n) is 7.50. The quantitative estimate of drug-likeness (QED) is 0.530. The van der Waals surface area contributed by atoms with Gasteiger partial charge in [-0.1, -0.05) is 66.7 Å². The lowest BCUT2D eigenvalue weighted by atomic mass is 9.96. The van der Waals surface area contributed by atoms with E-state index in [4.69, 9.17) is 10.5 Å². The molecule has 2 atom stereocenters. The SMILES string of the molecule is N[C@@H](CC[C@@H](Cc1ccccc1)NC(=O)OCc1cccnc1)Cc1ccccc1. The third-order valence-corrected chi connectivity index (χ3v) is 4.97. The van der Waals surface area contributed by atoms with E-state index >= 15 is 0 Å². The summed E-state index contributed by atoms with van der Waals surface area (Å²) in [7, 11) is 0. The van der Waals surface area contributed by atoms with Crippen LogP contribution in [0.3, 0.4) is 0 Å². The fraction of sp³-hybridized carbons (Fsp3) is 0.280. The van der Waals surface area contributed by atoms with Crippen molar-refractivity contribution in [1.82, 2.24) is 10.3 Å². The molecular formula is C25H29N3O2. The summed E-state index contributed by atoms with van der Waals surface area (Å²) < 4.78 is 5.38. The second kappa shape index (κ2) is 11.7. The first-order chi connectivity index (χ1) is 14.7. The predicted molar refractivity (Wildman–Crippen MR) is 119 cm³/mol. The molecule has 3 rings (SSSR count). The van der Waals surface area contributed by atoms with Crippen LogP contribution in [0.15, 0.2) is 85.2 Å². The van der Waals surface area contributed by atoms with E-state index in [0.717, 1.165) is 31.2 Å².